The van der Waals surface area contributed by atoms with E-state index in [1.807, 2.05) is 43.3 Å². The van der Waals surface area contributed by atoms with E-state index in [1.54, 1.807) is 30.5 Å². The fourth-order valence-electron chi connectivity index (χ4n) is 3.81. The molecule has 142 valence electrons. The second kappa shape index (κ2) is 6.67. The highest BCUT2D eigenvalue weighted by Crippen LogP contribution is 2.40. The number of carbonyl (C=O) groups excluding carboxylic acids is 1. The molecule has 0 unspecified atom stereocenters. The zero-order valence-electron chi connectivity index (χ0n) is 15.4. The number of fused-ring (bicyclic) bond motifs is 2. The van der Waals surface area contributed by atoms with Crippen LogP contribution in [0.2, 0.25) is 0 Å². The van der Waals surface area contributed by atoms with Crippen molar-refractivity contribution in [1.82, 2.24) is 4.98 Å². The first-order valence-corrected chi connectivity index (χ1v) is 9.91. The Morgan fingerprint density at radius 3 is 2.66 bits per heavy atom. The Kier molecular flexibility index (Phi) is 4.10. The van der Waals surface area contributed by atoms with E-state index in [0.717, 1.165) is 15.6 Å². The molecule has 1 aliphatic heterocycles. The SMILES string of the molecule is Cc1ccc2oc3c(c(=O)c2c1)[C@@H](c1cccc(Br)c1)N(c1ccccn1)C3=O. The smallest absolute Gasteiger partial charge is 0.296 e. The molecule has 0 N–H and O–H groups in total. The predicted octanol–water partition coefficient (Wildman–Crippen LogP) is 5.01. The molecule has 0 aliphatic carbocycles. The average molecular weight is 447 g/mol. The minimum absolute atomic E-state index is 0.0713. The summed E-state index contributed by atoms with van der Waals surface area (Å²) in [4.78, 5) is 32.7. The third kappa shape index (κ3) is 2.79. The van der Waals surface area contributed by atoms with Gasteiger partial charge in [-0.3, -0.25) is 14.5 Å². The van der Waals surface area contributed by atoms with Gasteiger partial charge in [-0.25, -0.2) is 4.98 Å². The number of aryl methyl sites for hydroxylation is 1. The minimum Gasteiger partial charge on any atom is -0.450 e. The van der Waals surface area contributed by atoms with Gasteiger partial charge in [-0.05, 0) is 48.9 Å². The topological polar surface area (TPSA) is 63.4 Å². The Hall–Kier alpha value is -3.25. The molecule has 6 heteroatoms. The maximum Gasteiger partial charge on any atom is 0.296 e. The van der Waals surface area contributed by atoms with Gasteiger partial charge >= 0.3 is 0 Å². The van der Waals surface area contributed by atoms with Crippen LogP contribution in [-0.4, -0.2) is 10.9 Å². The van der Waals surface area contributed by atoms with E-state index >= 15 is 0 Å². The molecule has 4 aromatic rings. The number of nitrogens with zero attached hydrogens (tertiary/aromatic N) is 2. The van der Waals surface area contributed by atoms with Crippen LogP contribution in [0.5, 0.6) is 0 Å². The molecule has 2 aromatic heterocycles. The summed E-state index contributed by atoms with van der Waals surface area (Å²) in [5.74, 6) is 0.166. The fourth-order valence-corrected chi connectivity index (χ4v) is 4.23. The summed E-state index contributed by atoms with van der Waals surface area (Å²) in [6.45, 7) is 1.92. The lowest BCUT2D eigenvalue weighted by atomic mass is 9.98. The number of hydrogen-bond acceptors (Lipinski definition) is 4. The Bertz CT molecular complexity index is 1330. The molecule has 0 saturated heterocycles. The number of rotatable bonds is 2. The number of benzene rings is 2. The maximum atomic E-state index is 13.5. The van der Waals surface area contributed by atoms with Crippen LogP contribution in [0.1, 0.15) is 33.3 Å². The number of halogens is 1. The van der Waals surface area contributed by atoms with E-state index in [0.29, 0.717) is 22.4 Å². The summed E-state index contributed by atoms with van der Waals surface area (Å²) in [6, 6.07) is 17.7. The molecule has 0 bridgehead atoms. The van der Waals surface area contributed by atoms with Crippen molar-refractivity contribution in [2.75, 3.05) is 4.90 Å². The molecule has 5 nitrogen and oxygen atoms in total. The molecule has 1 amide bonds. The minimum atomic E-state index is -0.619. The van der Waals surface area contributed by atoms with Crippen LogP contribution in [0, 0.1) is 6.92 Å². The zero-order chi connectivity index (χ0) is 20.1. The van der Waals surface area contributed by atoms with E-state index < -0.39 is 6.04 Å². The lowest BCUT2D eigenvalue weighted by Crippen LogP contribution is -2.30. The summed E-state index contributed by atoms with van der Waals surface area (Å²) >= 11 is 3.49. The fraction of sp³-hybridized carbons (Fsp3) is 0.0870. The van der Waals surface area contributed by atoms with Crippen molar-refractivity contribution < 1.29 is 9.21 Å². The lowest BCUT2D eigenvalue weighted by Gasteiger charge is -2.24. The van der Waals surface area contributed by atoms with Crippen LogP contribution in [0.3, 0.4) is 0 Å². The molecular formula is C23H15BrN2O3. The number of pyridine rings is 1. The quantitative estimate of drug-likeness (QED) is 0.434. The number of hydrogen-bond donors (Lipinski definition) is 0. The molecule has 0 radical (unpaired) electrons. The highest BCUT2D eigenvalue weighted by atomic mass is 79.9. The van der Waals surface area contributed by atoms with Gasteiger partial charge in [-0.1, -0.05) is 45.8 Å². The second-order valence-electron chi connectivity index (χ2n) is 6.99. The van der Waals surface area contributed by atoms with Gasteiger partial charge < -0.3 is 4.42 Å². The Morgan fingerprint density at radius 1 is 1.03 bits per heavy atom. The average Bonchev–Trinajstić information content (AvgIpc) is 3.02. The van der Waals surface area contributed by atoms with Gasteiger partial charge in [0.05, 0.1) is 17.0 Å². The third-order valence-electron chi connectivity index (χ3n) is 5.09. The Labute approximate surface area is 174 Å². The summed E-state index contributed by atoms with van der Waals surface area (Å²) in [6.07, 6.45) is 1.62. The number of carbonyl (C=O) groups is 1. The van der Waals surface area contributed by atoms with Gasteiger partial charge in [0.25, 0.3) is 5.91 Å². The van der Waals surface area contributed by atoms with Gasteiger partial charge in [0.2, 0.25) is 5.76 Å². The second-order valence-corrected chi connectivity index (χ2v) is 7.91. The van der Waals surface area contributed by atoms with Crippen molar-refractivity contribution >= 4 is 38.6 Å². The summed E-state index contributed by atoms with van der Waals surface area (Å²) in [5, 5.41) is 0.472. The van der Waals surface area contributed by atoms with Crippen molar-refractivity contribution in [2.24, 2.45) is 0 Å². The summed E-state index contributed by atoms with van der Waals surface area (Å²) < 4.78 is 6.81. The largest absolute Gasteiger partial charge is 0.450 e. The standard InChI is InChI=1S/C23H15BrN2O3/c1-13-8-9-17-16(11-13)21(27)19-20(14-5-4-6-15(24)12-14)26(23(28)22(19)29-17)18-7-2-3-10-25-18/h2-12,20H,1H3/t20-/m1/s1. The Balaban J connectivity index is 1.84. The molecule has 0 fully saturated rings. The highest BCUT2D eigenvalue weighted by Gasteiger charge is 2.44. The molecule has 5 rings (SSSR count). The molecule has 3 heterocycles. The van der Waals surface area contributed by atoms with Crippen molar-refractivity contribution in [3.63, 3.8) is 0 Å². The zero-order valence-corrected chi connectivity index (χ0v) is 17.0. The molecule has 0 saturated carbocycles. The van der Waals surface area contributed by atoms with Crippen molar-refractivity contribution in [2.45, 2.75) is 13.0 Å². The van der Waals surface area contributed by atoms with Crippen LogP contribution >= 0.6 is 15.9 Å². The van der Waals surface area contributed by atoms with E-state index in [2.05, 4.69) is 20.9 Å². The van der Waals surface area contributed by atoms with Gasteiger partial charge in [0.1, 0.15) is 11.4 Å². The van der Waals surface area contributed by atoms with Gasteiger partial charge in [0.15, 0.2) is 5.43 Å². The van der Waals surface area contributed by atoms with Gasteiger partial charge in [-0.15, -0.1) is 0 Å². The molecular weight excluding hydrogens is 432 g/mol. The summed E-state index contributed by atoms with van der Waals surface area (Å²) in [5.41, 5.74) is 2.31. The summed E-state index contributed by atoms with van der Waals surface area (Å²) in [7, 11) is 0. The molecule has 29 heavy (non-hydrogen) atoms. The van der Waals surface area contributed by atoms with Crippen molar-refractivity contribution in [3.8, 4) is 0 Å². The monoisotopic (exact) mass is 446 g/mol. The third-order valence-corrected chi connectivity index (χ3v) is 5.58. The van der Waals surface area contributed by atoms with E-state index in [1.165, 1.54) is 4.90 Å². The van der Waals surface area contributed by atoms with E-state index in [9.17, 15) is 9.59 Å². The van der Waals surface area contributed by atoms with Crippen LogP contribution in [-0.2, 0) is 0 Å². The number of aromatic nitrogens is 1. The molecule has 2 aromatic carbocycles. The number of amides is 1. The Morgan fingerprint density at radius 2 is 1.90 bits per heavy atom. The normalized spacial score (nSPS) is 15.7. The first-order chi connectivity index (χ1) is 14.0. The lowest BCUT2D eigenvalue weighted by molar-refractivity contribution is 0.0970. The highest BCUT2D eigenvalue weighted by molar-refractivity contribution is 9.10. The predicted molar refractivity (Wildman–Crippen MR) is 114 cm³/mol. The number of anilines is 1. The van der Waals surface area contributed by atoms with Crippen LogP contribution < -0.4 is 10.3 Å². The van der Waals surface area contributed by atoms with Crippen LogP contribution in [0.25, 0.3) is 11.0 Å². The molecule has 1 atom stereocenters. The first-order valence-electron chi connectivity index (χ1n) is 9.12. The first kappa shape index (κ1) is 17.8. The van der Waals surface area contributed by atoms with E-state index in [-0.39, 0.29) is 17.1 Å². The van der Waals surface area contributed by atoms with E-state index in [4.69, 9.17) is 4.42 Å². The van der Waals surface area contributed by atoms with Gasteiger partial charge in [0, 0.05) is 10.7 Å². The van der Waals surface area contributed by atoms with Crippen molar-refractivity contribution in [1.29, 1.82) is 0 Å². The maximum absolute atomic E-state index is 13.5. The van der Waals surface area contributed by atoms with Gasteiger partial charge in [-0.2, -0.15) is 0 Å². The van der Waals surface area contributed by atoms with Crippen molar-refractivity contribution in [3.05, 3.63) is 104 Å². The molecule has 0 spiro atoms. The molecule has 1 aliphatic rings. The van der Waals surface area contributed by atoms with Crippen LogP contribution in [0.15, 0.2) is 80.5 Å². The van der Waals surface area contributed by atoms with Crippen LogP contribution in [0.4, 0.5) is 5.82 Å².